The van der Waals surface area contributed by atoms with Crippen molar-refractivity contribution in [1.82, 2.24) is 4.90 Å². The molecule has 0 spiro atoms. The number of halogens is 3. The van der Waals surface area contributed by atoms with Gasteiger partial charge in [-0.05, 0) is 18.8 Å². The normalized spacial score (nSPS) is 17.9. The van der Waals surface area contributed by atoms with Gasteiger partial charge in [0.05, 0.1) is 6.61 Å². The van der Waals surface area contributed by atoms with Crippen LogP contribution in [0.15, 0.2) is 0 Å². The molecule has 100 valence electrons. The summed E-state index contributed by atoms with van der Waals surface area (Å²) < 4.78 is 36.6. The van der Waals surface area contributed by atoms with Crippen LogP contribution in [0.1, 0.15) is 19.3 Å². The number of aliphatic hydroxyl groups excluding tert-OH is 1. The highest BCUT2D eigenvalue weighted by Gasteiger charge is 2.35. The van der Waals surface area contributed by atoms with Crippen molar-refractivity contribution in [3.05, 3.63) is 0 Å². The Balaban J connectivity index is 2.46. The zero-order chi connectivity index (χ0) is 13.1. The molecule has 0 heterocycles. The van der Waals surface area contributed by atoms with Crippen LogP contribution in [-0.4, -0.2) is 47.8 Å². The molecule has 17 heavy (non-hydrogen) atoms. The highest BCUT2D eigenvalue weighted by Crippen LogP contribution is 2.33. The monoisotopic (exact) mass is 254 g/mol. The number of amides is 1. The first-order chi connectivity index (χ1) is 7.83. The van der Waals surface area contributed by atoms with E-state index in [2.05, 4.69) is 0 Å². The molecule has 1 aliphatic carbocycles. The minimum Gasteiger partial charge on any atom is -0.395 e. The van der Waals surface area contributed by atoms with Gasteiger partial charge in [-0.25, -0.2) is 0 Å². The number of nitrogens with zero attached hydrogens (tertiary/aromatic N) is 1. The largest absolute Gasteiger partial charge is 0.406 e. The van der Waals surface area contributed by atoms with Gasteiger partial charge < -0.3 is 15.7 Å². The zero-order valence-corrected chi connectivity index (χ0v) is 9.41. The van der Waals surface area contributed by atoms with E-state index in [9.17, 15) is 18.0 Å². The van der Waals surface area contributed by atoms with E-state index in [-0.39, 0.29) is 24.9 Å². The van der Waals surface area contributed by atoms with Gasteiger partial charge in [-0.1, -0.05) is 0 Å². The molecular formula is C10H17F3N2O2. The van der Waals surface area contributed by atoms with Crippen LogP contribution < -0.4 is 5.73 Å². The Bertz CT molecular complexity index is 267. The molecule has 0 aromatic heterocycles. The average Bonchev–Trinajstić information content (AvgIpc) is 2.97. The van der Waals surface area contributed by atoms with Crippen molar-refractivity contribution in [3.63, 3.8) is 0 Å². The maximum absolute atomic E-state index is 12.2. The second-order valence-corrected chi connectivity index (χ2v) is 4.36. The summed E-state index contributed by atoms with van der Waals surface area (Å²) in [6, 6.07) is -0.364. The topological polar surface area (TPSA) is 66.6 Å². The molecule has 1 unspecified atom stereocenters. The summed E-state index contributed by atoms with van der Waals surface area (Å²) in [6.07, 6.45) is -2.66. The lowest BCUT2D eigenvalue weighted by atomic mass is 10.1. The molecule has 0 saturated heterocycles. The lowest BCUT2D eigenvalue weighted by Crippen LogP contribution is -2.43. The third kappa shape index (κ3) is 5.36. The van der Waals surface area contributed by atoms with Crippen LogP contribution in [0.4, 0.5) is 13.2 Å². The zero-order valence-electron chi connectivity index (χ0n) is 9.41. The molecule has 7 heteroatoms. The molecule has 0 bridgehead atoms. The molecule has 1 saturated carbocycles. The third-order valence-corrected chi connectivity index (χ3v) is 2.73. The van der Waals surface area contributed by atoms with E-state index in [4.69, 9.17) is 10.8 Å². The highest BCUT2D eigenvalue weighted by atomic mass is 19.4. The first-order valence-electron chi connectivity index (χ1n) is 5.54. The van der Waals surface area contributed by atoms with E-state index >= 15 is 0 Å². The second-order valence-electron chi connectivity index (χ2n) is 4.36. The van der Waals surface area contributed by atoms with Gasteiger partial charge in [-0.15, -0.1) is 0 Å². The maximum atomic E-state index is 12.2. The fraction of sp³-hybridized carbons (Fsp3) is 0.900. The van der Waals surface area contributed by atoms with Crippen LogP contribution >= 0.6 is 0 Å². The number of nitrogens with two attached hydrogens (primary N) is 1. The summed E-state index contributed by atoms with van der Waals surface area (Å²) in [5.41, 5.74) is 5.69. The highest BCUT2D eigenvalue weighted by molar-refractivity contribution is 5.77. The lowest BCUT2D eigenvalue weighted by Gasteiger charge is -2.24. The molecule has 0 aromatic rings. The van der Waals surface area contributed by atoms with Crippen LogP contribution in [0, 0.1) is 5.92 Å². The van der Waals surface area contributed by atoms with E-state index in [1.807, 2.05) is 0 Å². The molecule has 1 fully saturated rings. The van der Waals surface area contributed by atoms with Gasteiger partial charge in [0.1, 0.15) is 6.54 Å². The molecule has 1 rings (SSSR count). The van der Waals surface area contributed by atoms with Crippen molar-refractivity contribution >= 4 is 5.91 Å². The Morgan fingerprint density at radius 2 is 2.06 bits per heavy atom. The number of rotatable bonds is 6. The van der Waals surface area contributed by atoms with Gasteiger partial charge in [0, 0.05) is 19.0 Å². The quantitative estimate of drug-likeness (QED) is 0.725. The maximum Gasteiger partial charge on any atom is 0.406 e. The fourth-order valence-electron chi connectivity index (χ4n) is 1.65. The number of aliphatic hydroxyl groups is 1. The van der Waals surface area contributed by atoms with Crippen molar-refractivity contribution in [3.8, 4) is 0 Å². The summed E-state index contributed by atoms with van der Waals surface area (Å²) in [5.74, 6) is -0.378. The summed E-state index contributed by atoms with van der Waals surface area (Å²) in [4.78, 5) is 12.2. The van der Waals surface area contributed by atoms with Crippen molar-refractivity contribution in [1.29, 1.82) is 0 Å². The Morgan fingerprint density at radius 3 is 2.47 bits per heavy atom. The Labute approximate surface area is 97.6 Å². The van der Waals surface area contributed by atoms with E-state index in [1.165, 1.54) is 0 Å². The number of hydrogen-bond donors (Lipinski definition) is 2. The Kier molecular flexibility index (Phi) is 4.76. The van der Waals surface area contributed by atoms with Crippen LogP contribution in [0.25, 0.3) is 0 Å². The van der Waals surface area contributed by atoms with Crippen LogP contribution in [0.3, 0.4) is 0 Å². The minimum absolute atomic E-state index is 0.0826. The Morgan fingerprint density at radius 1 is 1.47 bits per heavy atom. The van der Waals surface area contributed by atoms with Gasteiger partial charge in [-0.2, -0.15) is 13.2 Å². The smallest absolute Gasteiger partial charge is 0.395 e. The van der Waals surface area contributed by atoms with E-state index < -0.39 is 25.2 Å². The molecule has 1 aliphatic rings. The van der Waals surface area contributed by atoms with E-state index in [0.29, 0.717) is 4.90 Å². The standard InChI is InChI=1S/C10H17F3N2O2/c11-10(12,13)6-15(3-4-16)9(17)5-8(14)7-1-2-7/h7-8,16H,1-6,14H2. The summed E-state index contributed by atoms with van der Waals surface area (Å²) in [7, 11) is 0. The average molecular weight is 254 g/mol. The van der Waals surface area contributed by atoms with Crippen LogP contribution in [0.5, 0.6) is 0 Å². The van der Waals surface area contributed by atoms with E-state index in [1.54, 1.807) is 0 Å². The van der Waals surface area contributed by atoms with Gasteiger partial charge in [0.25, 0.3) is 0 Å². The minimum atomic E-state index is -4.45. The predicted octanol–water partition coefficient (Wildman–Crippen LogP) is 0.497. The number of alkyl halides is 3. The molecular weight excluding hydrogens is 237 g/mol. The van der Waals surface area contributed by atoms with Crippen molar-refractivity contribution in [2.75, 3.05) is 19.7 Å². The molecule has 4 nitrogen and oxygen atoms in total. The number of carbonyl (C=O) groups is 1. The fourth-order valence-corrected chi connectivity index (χ4v) is 1.65. The van der Waals surface area contributed by atoms with Crippen molar-refractivity contribution in [2.45, 2.75) is 31.5 Å². The molecule has 3 N–H and O–H groups in total. The summed E-state index contributed by atoms with van der Waals surface area (Å²) in [5, 5.41) is 8.65. The third-order valence-electron chi connectivity index (χ3n) is 2.73. The number of hydrogen-bond acceptors (Lipinski definition) is 3. The molecule has 0 aromatic carbocycles. The molecule has 0 radical (unpaired) electrons. The van der Waals surface area contributed by atoms with Crippen molar-refractivity contribution < 1.29 is 23.1 Å². The predicted molar refractivity (Wildman–Crippen MR) is 55.0 cm³/mol. The molecule has 1 atom stereocenters. The number of carbonyl (C=O) groups excluding carboxylic acids is 1. The summed E-state index contributed by atoms with van der Waals surface area (Å²) >= 11 is 0. The lowest BCUT2D eigenvalue weighted by molar-refractivity contribution is -0.162. The van der Waals surface area contributed by atoms with Crippen LogP contribution in [-0.2, 0) is 4.79 Å². The van der Waals surface area contributed by atoms with Crippen molar-refractivity contribution in [2.24, 2.45) is 11.7 Å². The Hall–Kier alpha value is -0.820. The SMILES string of the molecule is NC(CC(=O)N(CCO)CC(F)(F)F)C1CC1. The molecule has 0 aliphatic heterocycles. The molecule has 1 amide bonds. The van der Waals surface area contributed by atoms with Gasteiger partial charge in [-0.3, -0.25) is 4.79 Å². The van der Waals surface area contributed by atoms with Gasteiger partial charge in [0.15, 0.2) is 0 Å². The first-order valence-corrected chi connectivity index (χ1v) is 5.54. The van der Waals surface area contributed by atoms with E-state index in [0.717, 1.165) is 12.8 Å². The van der Waals surface area contributed by atoms with Crippen LogP contribution in [0.2, 0.25) is 0 Å². The summed E-state index contributed by atoms with van der Waals surface area (Å²) in [6.45, 7) is -2.13. The first kappa shape index (κ1) is 14.2. The second kappa shape index (κ2) is 5.68. The van der Waals surface area contributed by atoms with Gasteiger partial charge >= 0.3 is 6.18 Å². The van der Waals surface area contributed by atoms with Gasteiger partial charge in [0.2, 0.25) is 5.91 Å².